The van der Waals surface area contributed by atoms with Crippen LogP contribution in [0.1, 0.15) is 45.6 Å². The van der Waals surface area contributed by atoms with Crippen molar-refractivity contribution in [2.24, 2.45) is 0 Å². The van der Waals surface area contributed by atoms with Crippen LogP contribution in [0.4, 0.5) is 0 Å². The van der Waals surface area contributed by atoms with Crippen molar-refractivity contribution in [2.75, 3.05) is 0 Å². The summed E-state index contributed by atoms with van der Waals surface area (Å²) in [5, 5.41) is 33.4. The molecule has 0 bridgehead atoms. The Labute approximate surface area is 328 Å². The SMILES string of the molecule is Cc1ccc(-c2noc(-c3cccc([I-][n+]4cccc(C(O)c5c(-c6ccc(Cl)cc6)noc5-c5ccccc5C)c4)c3)c2C(O)c2cccnc2)cc1. The average Bonchev–Trinajstić information content (AvgIpc) is 3.85. The van der Waals surface area contributed by atoms with E-state index in [0.717, 1.165) is 37.0 Å². The van der Waals surface area contributed by atoms with Crippen LogP contribution in [-0.4, -0.2) is 25.5 Å². The van der Waals surface area contributed by atoms with Gasteiger partial charge in [-0.25, -0.2) is 0 Å². The predicted octanol–water partition coefficient (Wildman–Crippen LogP) is 6.17. The number of hydrogen-bond acceptors (Lipinski definition) is 7. The molecule has 2 atom stereocenters. The Balaban J connectivity index is 1.14. The molecule has 4 aromatic heterocycles. The Kier molecular flexibility index (Phi) is 10.2. The summed E-state index contributed by atoms with van der Waals surface area (Å²) < 4.78 is 15.2. The summed E-state index contributed by atoms with van der Waals surface area (Å²) in [5.41, 5.74) is 9.05. The van der Waals surface area contributed by atoms with Crippen LogP contribution < -0.4 is 24.3 Å². The first-order valence-electron chi connectivity index (χ1n) is 17.3. The molecule has 0 aliphatic carbocycles. The second-order valence-corrected chi connectivity index (χ2v) is 16.2. The molecule has 2 N–H and O–H groups in total. The topological polar surface area (TPSA) is 109 Å². The molecule has 4 aromatic carbocycles. The number of rotatable bonds is 10. The number of halogens is 2. The first kappa shape index (κ1) is 35.6. The van der Waals surface area contributed by atoms with Crippen molar-refractivity contribution in [1.82, 2.24) is 15.3 Å². The molecule has 268 valence electrons. The van der Waals surface area contributed by atoms with E-state index < -0.39 is 33.7 Å². The zero-order valence-corrected chi connectivity index (χ0v) is 32.2. The number of nitrogens with zero attached hydrogens (tertiary/aromatic N) is 4. The van der Waals surface area contributed by atoms with Crippen LogP contribution in [0.2, 0.25) is 5.02 Å². The summed E-state index contributed by atoms with van der Waals surface area (Å²) in [6.07, 6.45) is 5.27. The molecule has 8 rings (SSSR count). The standard InChI is InChI=1S/C44H34ClIN4O4/c1-27-14-16-29(17-15-27)39-37(41(51)32-10-6-22-47-25-32)43(53-48-39)31-9-5-12-35(24-31)46-50-23-7-11-33(26-50)42(52)38-40(30-18-20-34(45)21-19-30)49-54-44(38)36-13-4-3-8-28(36)2/h3-26,41-42,51-52H,1-2H3. The molecule has 8 nitrogen and oxygen atoms in total. The van der Waals surface area contributed by atoms with E-state index in [2.05, 4.69) is 30.2 Å². The quantitative estimate of drug-likeness (QED) is 0.159. The van der Waals surface area contributed by atoms with Crippen molar-refractivity contribution in [1.29, 1.82) is 0 Å². The van der Waals surface area contributed by atoms with Crippen molar-refractivity contribution >= 4 is 11.6 Å². The summed E-state index contributed by atoms with van der Waals surface area (Å²) in [6, 6.07) is 38.9. The fourth-order valence-electron chi connectivity index (χ4n) is 6.41. The minimum atomic E-state index is -1.04. The van der Waals surface area contributed by atoms with Crippen LogP contribution in [-0.2, 0) is 0 Å². The number of aryl methyl sites for hydroxylation is 2. The van der Waals surface area contributed by atoms with Crippen molar-refractivity contribution in [3.8, 4) is 45.2 Å². The van der Waals surface area contributed by atoms with Crippen molar-refractivity contribution in [3.05, 3.63) is 188 Å². The molecule has 0 fully saturated rings. The molecular formula is C44H34ClIN4O4. The van der Waals surface area contributed by atoms with Crippen molar-refractivity contribution in [3.63, 3.8) is 0 Å². The summed E-state index contributed by atoms with van der Waals surface area (Å²) in [7, 11) is 0. The molecular weight excluding hydrogens is 811 g/mol. The van der Waals surface area contributed by atoms with Gasteiger partial charge in [-0.1, -0.05) is 0 Å². The normalized spacial score (nSPS) is 12.5. The van der Waals surface area contributed by atoms with Crippen molar-refractivity contribution < 1.29 is 43.5 Å². The van der Waals surface area contributed by atoms with Gasteiger partial charge in [-0.2, -0.15) is 0 Å². The van der Waals surface area contributed by atoms with Gasteiger partial charge in [-0.3, -0.25) is 0 Å². The molecule has 8 aromatic rings. The molecule has 0 spiro atoms. The minimum absolute atomic E-state index is 0.493. The molecule has 0 amide bonds. The van der Waals surface area contributed by atoms with Gasteiger partial charge in [0.1, 0.15) is 0 Å². The van der Waals surface area contributed by atoms with E-state index in [1.165, 1.54) is 0 Å². The third-order valence-electron chi connectivity index (χ3n) is 9.22. The van der Waals surface area contributed by atoms with E-state index >= 15 is 0 Å². The first-order chi connectivity index (χ1) is 26.3. The van der Waals surface area contributed by atoms with E-state index in [0.29, 0.717) is 50.2 Å². The second kappa shape index (κ2) is 15.5. The van der Waals surface area contributed by atoms with Crippen LogP contribution in [0.5, 0.6) is 0 Å². The molecule has 0 aliphatic heterocycles. The fourth-order valence-corrected chi connectivity index (χ4v) is 8.83. The van der Waals surface area contributed by atoms with Gasteiger partial charge in [0.2, 0.25) is 0 Å². The molecule has 0 saturated carbocycles. The first-order valence-corrected chi connectivity index (χ1v) is 19.7. The Bertz CT molecular complexity index is 2550. The van der Waals surface area contributed by atoms with Crippen LogP contribution in [0.3, 0.4) is 0 Å². The number of benzene rings is 4. The number of hydrogen-bond donors (Lipinski definition) is 2. The summed E-state index contributed by atoms with van der Waals surface area (Å²) in [6.45, 7) is 4.04. The number of aliphatic hydroxyl groups is 2. The predicted molar refractivity (Wildman–Crippen MR) is 202 cm³/mol. The van der Waals surface area contributed by atoms with Gasteiger partial charge in [-0.15, -0.1) is 0 Å². The molecule has 0 saturated heterocycles. The van der Waals surface area contributed by atoms with Gasteiger partial charge >= 0.3 is 330 Å². The third-order valence-corrected chi connectivity index (χ3v) is 11.9. The zero-order valence-electron chi connectivity index (χ0n) is 29.3. The Morgan fingerprint density at radius 2 is 1.33 bits per heavy atom. The fraction of sp³-hybridized carbons (Fsp3) is 0.0909. The molecule has 54 heavy (non-hydrogen) atoms. The van der Waals surface area contributed by atoms with Crippen LogP contribution in [0, 0.1) is 17.4 Å². The molecule has 4 heterocycles. The van der Waals surface area contributed by atoms with Crippen LogP contribution in [0.25, 0.3) is 45.2 Å². The summed E-state index contributed by atoms with van der Waals surface area (Å²) in [5.74, 6) is 1.01. The number of aromatic nitrogens is 4. The Morgan fingerprint density at radius 3 is 2.06 bits per heavy atom. The molecule has 2 unspecified atom stereocenters. The molecule has 0 radical (unpaired) electrons. The summed E-state index contributed by atoms with van der Waals surface area (Å²) in [4.78, 5) is 4.24. The molecule has 0 aliphatic rings. The van der Waals surface area contributed by atoms with Gasteiger partial charge in [0, 0.05) is 0 Å². The van der Waals surface area contributed by atoms with E-state index in [1.807, 2.05) is 117 Å². The van der Waals surface area contributed by atoms with Gasteiger partial charge in [0.05, 0.1) is 0 Å². The van der Waals surface area contributed by atoms with Gasteiger partial charge < -0.3 is 0 Å². The average molecular weight is 845 g/mol. The Morgan fingerprint density at radius 1 is 0.667 bits per heavy atom. The third kappa shape index (κ3) is 7.23. The molecule has 10 heteroatoms. The van der Waals surface area contributed by atoms with Gasteiger partial charge in [-0.05, 0) is 0 Å². The maximum atomic E-state index is 12.1. The number of aliphatic hydroxyl groups excluding tert-OH is 2. The van der Waals surface area contributed by atoms with E-state index in [9.17, 15) is 10.2 Å². The zero-order chi connectivity index (χ0) is 37.2. The van der Waals surface area contributed by atoms with Gasteiger partial charge in [0.25, 0.3) is 0 Å². The Hall–Kier alpha value is -5.46. The van der Waals surface area contributed by atoms with E-state index in [-0.39, 0.29) is 0 Å². The van der Waals surface area contributed by atoms with E-state index in [1.54, 1.807) is 30.6 Å². The van der Waals surface area contributed by atoms with Gasteiger partial charge in [0.15, 0.2) is 0 Å². The van der Waals surface area contributed by atoms with Crippen LogP contribution >= 0.6 is 11.6 Å². The number of pyridine rings is 2. The maximum absolute atomic E-state index is 12.1. The monoisotopic (exact) mass is 844 g/mol. The second-order valence-electron chi connectivity index (χ2n) is 12.9. The van der Waals surface area contributed by atoms with Crippen molar-refractivity contribution in [2.45, 2.75) is 26.1 Å². The summed E-state index contributed by atoms with van der Waals surface area (Å²) >= 11 is 5.42. The van der Waals surface area contributed by atoms with Crippen LogP contribution in [0.15, 0.2) is 155 Å². The van der Waals surface area contributed by atoms with E-state index in [4.69, 9.17) is 20.6 Å².